The van der Waals surface area contributed by atoms with E-state index in [1.165, 1.54) is 23.5 Å². The average Bonchev–Trinajstić information content (AvgIpc) is 3.52. The lowest BCUT2D eigenvalue weighted by Gasteiger charge is -2.49. The number of nitrogens with one attached hydrogen (secondary N) is 1. The van der Waals surface area contributed by atoms with E-state index in [1.807, 2.05) is 47.4 Å². The number of methoxy groups -OCH3 is 2. The fourth-order valence-electron chi connectivity index (χ4n) is 5.36. The van der Waals surface area contributed by atoms with Crippen LogP contribution in [0.3, 0.4) is 0 Å². The van der Waals surface area contributed by atoms with Crippen LogP contribution in [-0.2, 0) is 7.05 Å². The van der Waals surface area contributed by atoms with E-state index in [-0.39, 0.29) is 5.91 Å². The number of nitrogens with zero attached hydrogens (tertiary/aromatic N) is 3. The number of ether oxygens (including phenoxy) is 2. The minimum atomic E-state index is 0.0374. The molecule has 3 aliphatic heterocycles. The van der Waals surface area contributed by atoms with E-state index in [2.05, 4.69) is 16.3 Å². The highest BCUT2D eigenvalue weighted by Gasteiger charge is 2.41. The number of hydrogen-bond donors (Lipinski definition) is 1. The van der Waals surface area contributed by atoms with Crippen molar-refractivity contribution in [3.63, 3.8) is 0 Å². The van der Waals surface area contributed by atoms with Gasteiger partial charge in [-0.25, -0.2) is 0 Å². The van der Waals surface area contributed by atoms with E-state index in [0.717, 1.165) is 35.6 Å². The third kappa shape index (κ3) is 4.25. The fourth-order valence-corrected chi connectivity index (χ4v) is 6.00. The summed E-state index contributed by atoms with van der Waals surface area (Å²) in [6.45, 7) is 2.82. The molecular weight excluding hydrogens is 436 g/mol. The Labute approximate surface area is 198 Å². The van der Waals surface area contributed by atoms with Crippen LogP contribution in [0, 0.1) is 5.92 Å². The molecule has 0 radical (unpaired) electrons. The summed E-state index contributed by atoms with van der Waals surface area (Å²) in [4.78, 5) is 15.7. The molecule has 4 unspecified atom stereocenters. The Balaban J connectivity index is 1.29. The highest BCUT2D eigenvalue weighted by molar-refractivity contribution is 7.12. The topological polar surface area (TPSA) is 68.6 Å². The van der Waals surface area contributed by atoms with Crippen LogP contribution in [0.2, 0.25) is 0 Å². The number of carbonyl (C=O) groups excluding carboxylic acids is 1. The van der Waals surface area contributed by atoms with Crippen LogP contribution in [0.15, 0.2) is 41.8 Å². The smallest absolute Gasteiger partial charge is 0.261 e. The van der Waals surface area contributed by atoms with Gasteiger partial charge in [-0.1, -0.05) is 6.07 Å². The molecule has 1 aromatic carbocycles. The minimum absolute atomic E-state index is 0.0374. The van der Waals surface area contributed by atoms with E-state index < -0.39 is 0 Å². The Morgan fingerprint density at radius 3 is 2.76 bits per heavy atom. The number of rotatable bonds is 7. The molecule has 3 fully saturated rings. The van der Waals surface area contributed by atoms with Crippen molar-refractivity contribution >= 4 is 17.2 Å². The normalized spacial score (nSPS) is 24.0. The summed E-state index contributed by atoms with van der Waals surface area (Å²) in [7, 11) is 5.33. The Morgan fingerprint density at radius 1 is 1.21 bits per heavy atom. The maximum atomic E-state index is 12.4. The summed E-state index contributed by atoms with van der Waals surface area (Å²) in [6.07, 6.45) is 2.29. The van der Waals surface area contributed by atoms with Crippen molar-refractivity contribution in [3.8, 4) is 22.8 Å². The molecule has 2 bridgehead atoms. The highest BCUT2D eigenvalue weighted by atomic mass is 32.1. The van der Waals surface area contributed by atoms with Crippen molar-refractivity contribution in [2.24, 2.45) is 13.0 Å². The number of thiophene rings is 1. The van der Waals surface area contributed by atoms with Gasteiger partial charge in [0.15, 0.2) is 11.5 Å². The molecule has 2 aromatic heterocycles. The molecule has 6 rings (SSSR count). The molecule has 1 amide bonds. The fraction of sp³-hybridized carbons (Fsp3) is 0.440. The van der Waals surface area contributed by atoms with Crippen molar-refractivity contribution < 1.29 is 14.3 Å². The zero-order valence-electron chi connectivity index (χ0n) is 19.3. The van der Waals surface area contributed by atoms with Crippen LogP contribution in [0.4, 0.5) is 0 Å². The molecule has 3 aromatic rings. The number of aryl methyl sites for hydroxylation is 1. The van der Waals surface area contributed by atoms with E-state index in [0.29, 0.717) is 35.9 Å². The van der Waals surface area contributed by atoms with Gasteiger partial charge in [0.1, 0.15) is 0 Å². The van der Waals surface area contributed by atoms with Crippen LogP contribution < -0.4 is 14.8 Å². The standard InChI is InChI=1S/C25H30N4O3S/c1-28-21(13-20(27-28)17-6-7-22(31-2)23(12-17)32-3)19-15-29-9-8-16(19)11-18(29)14-26-25(30)24-5-4-10-33-24/h4-7,10,12-13,16,18-19H,8-9,11,14-15H2,1-3H3,(H,26,30). The number of amides is 1. The molecule has 174 valence electrons. The second kappa shape index (κ2) is 9.19. The third-order valence-electron chi connectivity index (χ3n) is 7.10. The molecule has 8 heteroatoms. The van der Waals surface area contributed by atoms with Crippen LogP contribution in [0.25, 0.3) is 11.3 Å². The van der Waals surface area contributed by atoms with Crippen LogP contribution in [0.5, 0.6) is 11.5 Å². The SMILES string of the molecule is COc1ccc(-c2cc(C3CN4CCC3CC4CNC(=O)c3cccs3)n(C)n2)cc1OC. The number of hydrogen-bond acceptors (Lipinski definition) is 6. The van der Waals surface area contributed by atoms with Gasteiger partial charge in [0, 0.05) is 43.4 Å². The largest absolute Gasteiger partial charge is 0.493 e. The summed E-state index contributed by atoms with van der Waals surface area (Å²) in [5.41, 5.74) is 3.24. The van der Waals surface area contributed by atoms with E-state index in [9.17, 15) is 4.79 Å². The average molecular weight is 467 g/mol. The molecule has 4 atom stereocenters. The van der Waals surface area contributed by atoms with Crippen LogP contribution in [-0.4, -0.2) is 60.5 Å². The monoisotopic (exact) mass is 466 g/mol. The molecule has 3 aliphatic rings. The van der Waals surface area contributed by atoms with Gasteiger partial charge in [-0.2, -0.15) is 5.10 Å². The predicted octanol–water partition coefficient (Wildman–Crippen LogP) is 3.77. The first-order valence-electron chi connectivity index (χ1n) is 11.4. The summed E-state index contributed by atoms with van der Waals surface area (Å²) in [6, 6.07) is 12.3. The molecule has 0 saturated carbocycles. The highest BCUT2D eigenvalue weighted by Crippen LogP contribution is 2.42. The Bertz CT molecular complexity index is 1130. The van der Waals surface area contributed by atoms with Crippen molar-refractivity contribution in [1.29, 1.82) is 0 Å². The second-order valence-electron chi connectivity index (χ2n) is 8.87. The molecule has 1 N–H and O–H groups in total. The van der Waals surface area contributed by atoms with E-state index in [4.69, 9.17) is 14.6 Å². The maximum Gasteiger partial charge on any atom is 0.261 e. The van der Waals surface area contributed by atoms with Gasteiger partial charge < -0.3 is 14.8 Å². The van der Waals surface area contributed by atoms with Gasteiger partial charge in [0.05, 0.1) is 24.8 Å². The number of piperidine rings is 3. The Hall–Kier alpha value is -2.84. The number of aromatic nitrogens is 2. The predicted molar refractivity (Wildman–Crippen MR) is 129 cm³/mol. The lowest BCUT2D eigenvalue weighted by molar-refractivity contribution is 0.0280. The first-order chi connectivity index (χ1) is 16.1. The number of carbonyl (C=O) groups is 1. The van der Waals surface area contributed by atoms with Gasteiger partial charge in [-0.05, 0) is 61.0 Å². The minimum Gasteiger partial charge on any atom is -0.493 e. The first kappa shape index (κ1) is 22.0. The Kier molecular flexibility index (Phi) is 6.12. The zero-order chi connectivity index (χ0) is 22.9. The van der Waals surface area contributed by atoms with Crippen LogP contribution in [0.1, 0.15) is 34.1 Å². The summed E-state index contributed by atoms with van der Waals surface area (Å²) in [5, 5.41) is 9.91. The van der Waals surface area contributed by atoms with Gasteiger partial charge in [-0.3, -0.25) is 14.4 Å². The molecule has 33 heavy (non-hydrogen) atoms. The summed E-state index contributed by atoms with van der Waals surface area (Å²) < 4.78 is 12.9. The van der Waals surface area contributed by atoms with Crippen molar-refractivity contribution in [2.45, 2.75) is 24.8 Å². The van der Waals surface area contributed by atoms with Gasteiger partial charge >= 0.3 is 0 Å². The lowest BCUT2D eigenvalue weighted by atomic mass is 9.74. The second-order valence-corrected chi connectivity index (χ2v) is 9.82. The van der Waals surface area contributed by atoms with E-state index >= 15 is 0 Å². The van der Waals surface area contributed by atoms with Crippen molar-refractivity contribution in [2.75, 3.05) is 33.9 Å². The Morgan fingerprint density at radius 2 is 2.06 bits per heavy atom. The quantitative estimate of drug-likeness (QED) is 0.574. The van der Waals surface area contributed by atoms with Crippen LogP contribution >= 0.6 is 11.3 Å². The third-order valence-corrected chi connectivity index (χ3v) is 7.97. The maximum absolute atomic E-state index is 12.4. The molecule has 0 spiro atoms. The lowest BCUT2D eigenvalue weighted by Crippen LogP contribution is -2.56. The molecule has 0 aliphatic carbocycles. The molecule has 5 heterocycles. The van der Waals surface area contributed by atoms with Crippen molar-refractivity contribution in [3.05, 3.63) is 52.3 Å². The van der Waals surface area contributed by atoms with Crippen molar-refractivity contribution in [1.82, 2.24) is 20.0 Å². The molecule has 3 saturated heterocycles. The first-order valence-corrected chi connectivity index (χ1v) is 12.3. The number of fused-ring (bicyclic) bond motifs is 3. The summed E-state index contributed by atoms with van der Waals surface area (Å²) in [5.74, 6) is 2.52. The zero-order valence-corrected chi connectivity index (χ0v) is 20.1. The number of benzene rings is 1. The molecular formula is C25H30N4O3S. The van der Waals surface area contributed by atoms with Gasteiger partial charge in [-0.15, -0.1) is 11.3 Å². The van der Waals surface area contributed by atoms with Gasteiger partial charge in [0.2, 0.25) is 0 Å². The van der Waals surface area contributed by atoms with Gasteiger partial charge in [0.25, 0.3) is 5.91 Å². The summed E-state index contributed by atoms with van der Waals surface area (Å²) >= 11 is 1.49. The molecule has 7 nitrogen and oxygen atoms in total. The van der Waals surface area contributed by atoms with E-state index in [1.54, 1.807) is 14.2 Å².